The van der Waals surface area contributed by atoms with Crippen LogP contribution in [0.25, 0.3) is 0 Å². The number of halogens is 2. The van der Waals surface area contributed by atoms with Gasteiger partial charge in [-0.2, -0.15) is 0 Å². The van der Waals surface area contributed by atoms with Crippen molar-refractivity contribution >= 4 is 11.8 Å². The third-order valence-electron chi connectivity index (χ3n) is 3.83. The summed E-state index contributed by atoms with van der Waals surface area (Å²) in [5.41, 5.74) is 4.52. The van der Waals surface area contributed by atoms with Gasteiger partial charge >= 0.3 is 0 Å². The number of carbonyl (C=O) groups excluding carboxylic acids is 2. The normalized spacial score (nSPS) is 16.3. The molecule has 4 N–H and O–H groups in total. The molecular weight excluding hydrogens is 292 g/mol. The number of hydrogen-bond donors (Lipinski definition) is 3. The summed E-state index contributed by atoms with van der Waals surface area (Å²) in [5.74, 6) is -2.95. The first-order chi connectivity index (χ1) is 10.4. The summed E-state index contributed by atoms with van der Waals surface area (Å²) in [6.07, 6.45) is 3.14. The lowest BCUT2D eigenvalue weighted by Gasteiger charge is -2.22. The summed E-state index contributed by atoms with van der Waals surface area (Å²) in [4.78, 5) is 23.6. The van der Waals surface area contributed by atoms with E-state index in [0.717, 1.165) is 25.0 Å². The Kier molecular flexibility index (Phi) is 5.07. The van der Waals surface area contributed by atoms with Gasteiger partial charge in [-0.25, -0.2) is 8.78 Å². The number of amides is 2. The lowest BCUT2D eigenvalue weighted by molar-refractivity contribution is -0.126. The molecule has 7 heteroatoms. The molecular formula is C15H19F2N3O2. The first-order valence-electron chi connectivity index (χ1n) is 7.23. The lowest BCUT2D eigenvalue weighted by Crippen LogP contribution is -2.53. The van der Waals surface area contributed by atoms with Gasteiger partial charge in [0.1, 0.15) is 17.2 Å². The number of nitrogens with two attached hydrogens (primary N) is 1. The highest BCUT2D eigenvalue weighted by Gasteiger charge is 2.36. The molecule has 0 unspecified atom stereocenters. The quantitative estimate of drug-likeness (QED) is 0.712. The standard InChI is InChI=1S/C15H19F2N3O2/c16-10-4-3-5-11(17)12(10)13(21)19-8-9-20-14(22)15(18)6-1-2-7-15/h3-5H,1-2,6-9,18H2,(H,19,21)(H,20,22). The molecule has 1 aromatic rings. The molecule has 0 aromatic heterocycles. The summed E-state index contributed by atoms with van der Waals surface area (Å²) in [5, 5.41) is 5.00. The Hall–Kier alpha value is -2.02. The third kappa shape index (κ3) is 3.59. The highest BCUT2D eigenvalue weighted by Crippen LogP contribution is 2.27. The Balaban J connectivity index is 1.79. The zero-order valence-corrected chi connectivity index (χ0v) is 12.1. The lowest BCUT2D eigenvalue weighted by atomic mass is 9.98. The minimum absolute atomic E-state index is 0.0639. The molecule has 1 aromatic carbocycles. The van der Waals surface area contributed by atoms with Crippen LogP contribution in [0.3, 0.4) is 0 Å². The summed E-state index contributed by atoms with van der Waals surface area (Å²) in [6.45, 7) is 0.216. The fraction of sp³-hybridized carbons (Fsp3) is 0.467. The van der Waals surface area contributed by atoms with Crippen LogP contribution in [0.5, 0.6) is 0 Å². The largest absolute Gasteiger partial charge is 0.353 e. The van der Waals surface area contributed by atoms with Gasteiger partial charge < -0.3 is 16.4 Å². The van der Waals surface area contributed by atoms with Crippen molar-refractivity contribution in [2.45, 2.75) is 31.2 Å². The van der Waals surface area contributed by atoms with Gasteiger partial charge in [-0.05, 0) is 25.0 Å². The van der Waals surface area contributed by atoms with Crippen molar-refractivity contribution in [1.29, 1.82) is 0 Å². The van der Waals surface area contributed by atoms with Crippen molar-refractivity contribution in [2.75, 3.05) is 13.1 Å². The SMILES string of the molecule is NC1(C(=O)NCCNC(=O)c2c(F)cccc2F)CCCC1. The maximum atomic E-state index is 13.4. The zero-order chi connectivity index (χ0) is 16.2. The van der Waals surface area contributed by atoms with E-state index in [1.807, 2.05) is 0 Å². The van der Waals surface area contributed by atoms with Crippen LogP contribution in [-0.4, -0.2) is 30.4 Å². The molecule has 1 fully saturated rings. The maximum absolute atomic E-state index is 13.4. The fourth-order valence-corrected chi connectivity index (χ4v) is 2.56. The van der Waals surface area contributed by atoms with E-state index in [1.165, 1.54) is 6.07 Å². The summed E-state index contributed by atoms with van der Waals surface area (Å²) >= 11 is 0. The molecule has 1 saturated carbocycles. The van der Waals surface area contributed by atoms with Gasteiger partial charge in [-0.15, -0.1) is 0 Å². The Bertz CT molecular complexity index is 552. The first-order valence-corrected chi connectivity index (χ1v) is 7.23. The number of hydrogen-bond acceptors (Lipinski definition) is 3. The van der Waals surface area contributed by atoms with Crippen LogP contribution in [0.4, 0.5) is 8.78 Å². The van der Waals surface area contributed by atoms with E-state index in [2.05, 4.69) is 10.6 Å². The minimum atomic E-state index is -0.923. The van der Waals surface area contributed by atoms with E-state index in [9.17, 15) is 18.4 Å². The minimum Gasteiger partial charge on any atom is -0.353 e. The van der Waals surface area contributed by atoms with Crippen molar-refractivity contribution in [3.63, 3.8) is 0 Å². The van der Waals surface area contributed by atoms with Gasteiger partial charge in [0.25, 0.3) is 5.91 Å². The first kappa shape index (κ1) is 16.4. The molecule has 0 bridgehead atoms. The highest BCUT2D eigenvalue weighted by atomic mass is 19.1. The van der Waals surface area contributed by atoms with Crippen LogP contribution >= 0.6 is 0 Å². The Labute approximate surface area is 127 Å². The predicted octanol–water partition coefficient (Wildman–Crippen LogP) is 1.08. The summed E-state index contributed by atoms with van der Waals surface area (Å²) < 4.78 is 26.8. The van der Waals surface area contributed by atoms with Gasteiger partial charge in [0.2, 0.25) is 5.91 Å². The molecule has 5 nitrogen and oxygen atoms in total. The van der Waals surface area contributed by atoms with Crippen molar-refractivity contribution in [3.8, 4) is 0 Å². The fourth-order valence-electron chi connectivity index (χ4n) is 2.56. The van der Waals surface area contributed by atoms with Crippen LogP contribution in [0.1, 0.15) is 36.0 Å². The molecule has 0 spiro atoms. The van der Waals surface area contributed by atoms with Gasteiger partial charge in [-0.3, -0.25) is 9.59 Å². The zero-order valence-electron chi connectivity index (χ0n) is 12.1. The maximum Gasteiger partial charge on any atom is 0.257 e. The number of carbonyl (C=O) groups is 2. The molecule has 0 saturated heterocycles. The van der Waals surface area contributed by atoms with Gasteiger partial charge in [0.05, 0.1) is 5.54 Å². The molecule has 1 aliphatic carbocycles. The van der Waals surface area contributed by atoms with Crippen LogP contribution in [0.15, 0.2) is 18.2 Å². The molecule has 2 rings (SSSR count). The van der Waals surface area contributed by atoms with E-state index in [0.29, 0.717) is 12.8 Å². The Morgan fingerprint density at radius 3 is 2.23 bits per heavy atom. The van der Waals surface area contributed by atoms with Gasteiger partial charge in [-0.1, -0.05) is 18.9 Å². The second-order valence-corrected chi connectivity index (χ2v) is 5.47. The Morgan fingerprint density at radius 2 is 1.64 bits per heavy atom. The van der Waals surface area contributed by atoms with Crippen molar-refractivity contribution < 1.29 is 18.4 Å². The van der Waals surface area contributed by atoms with Crippen molar-refractivity contribution in [1.82, 2.24) is 10.6 Å². The van der Waals surface area contributed by atoms with Crippen LogP contribution in [0, 0.1) is 11.6 Å². The van der Waals surface area contributed by atoms with Crippen molar-refractivity contribution in [3.05, 3.63) is 35.4 Å². The highest BCUT2D eigenvalue weighted by molar-refractivity contribution is 5.94. The van der Waals surface area contributed by atoms with Crippen LogP contribution in [0.2, 0.25) is 0 Å². The van der Waals surface area contributed by atoms with Gasteiger partial charge in [0, 0.05) is 13.1 Å². The predicted molar refractivity (Wildman–Crippen MR) is 77.1 cm³/mol. The number of nitrogens with one attached hydrogen (secondary N) is 2. The number of benzene rings is 1. The molecule has 0 radical (unpaired) electrons. The molecule has 0 aliphatic heterocycles. The summed E-state index contributed by atoms with van der Waals surface area (Å²) in [6, 6.07) is 3.21. The van der Waals surface area contributed by atoms with Gasteiger partial charge in [0.15, 0.2) is 0 Å². The van der Waals surface area contributed by atoms with Crippen molar-refractivity contribution in [2.24, 2.45) is 5.73 Å². The Morgan fingerprint density at radius 1 is 1.09 bits per heavy atom. The van der Waals surface area contributed by atoms with E-state index < -0.39 is 28.6 Å². The molecule has 120 valence electrons. The molecule has 0 atom stereocenters. The monoisotopic (exact) mass is 311 g/mol. The molecule has 1 aliphatic rings. The van der Waals surface area contributed by atoms with E-state index >= 15 is 0 Å². The molecule has 2 amide bonds. The second kappa shape index (κ2) is 6.83. The number of rotatable bonds is 5. The smallest absolute Gasteiger partial charge is 0.257 e. The van der Waals surface area contributed by atoms with E-state index in [4.69, 9.17) is 5.73 Å². The van der Waals surface area contributed by atoms with Crippen LogP contribution < -0.4 is 16.4 Å². The summed E-state index contributed by atoms with van der Waals surface area (Å²) in [7, 11) is 0. The second-order valence-electron chi connectivity index (χ2n) is 5.47. The molecule has 22 heavy (non-hydrogen) atoms. The third-order valence-corrected chi connectivity index (χ3v) is 3.83. The average Bonchev–Trinajstić information content (AvgIpc) is 2.91. The molecule has 0 heterocycles. The average molecular weight is 311 g/mol. The van der Waals surface area contributed by atoms with E-state index in [1.54, 1.807) is 0 Å². The topological polar surface area (TPSA) is 84.2 Å². The van der Waals surface area contributed by atoms with E-state index in [-0.39, 0.29) is 19.0 Å². The van der Waals surface area contributed by atoms with Crippen LogP contribution in [-0.2, 0) is 4.79 Å².